The van der Waals surface area contributed by atoms with Crippen molar-refractivity contribution in [2.45, 2.75) is 30.2 Å². The lowest BCUT2D eigenvalue weighted by Crippen LogP contribution is -2.48. The van der Waals surface area contributed by atoms with E-state index >= 15 is 0 Å². The number of rotatable bonds is 8. The zero-order chi connectivity index (χ0) is 16.3. The molecule has 6 atom stereocenters. The van der Waals surface area contributed by atoms with Crippen molar-refractivity contribution in [1.82, 2.24) is 0 Å². The summed E-state index contributed by atoms with van der Waals surface area (Å²) in [5.74, 6) is 0. The fourth-order valence-corrected chi connectivity index (χ4v) is 2.98. The van der Waals surface area contributed by atoms with Gasteiger partial charge in [0.05, 0.1) is 6.61 Å². The Morgan fingerprint density at radius 2 is 2.19 bits per heavy atom. The monoisotopic (exact) mass is 343 g/mol. The third-order valence-electron chi connectivity index (χ3n) is 3.09. The first-order valence-electron chi connectivity index (χ1n) is 5.89. The zero-order valence-corrected chi connectivity index (χ0v) is 13.2. The minimum Gasteiger partial charge on any atom is -0.393 e. The molecule has 0 saturated carbocycles. The summed E-state index contributed by atoms with van der Waals surface area (Å²) >= 11 is 0. The van der Waals surface area contributed by atoms with Crippen molar-refractivity contribution in [3.05, 3.63) is 0 Å². The molecule has 1 heterocycles. The van der Waals surface area contributed by atoms with Gasteiger partial charge in [-0.3, -0.25) is 0 Å². The number of aliphatic hydroxyl groups is 2. The highest BCUT2D eigenvalue weighted by atomic mass is 31.2. The lowest BCUT2D eigenvalue weighted by Gasteiger charge is -2.34. The quantitative estimate of drug-likeness (QED) is 0.319. The molecule has 0 aliphatic carbocycles. The van der Waals surface area contributed by atoms with Gasteiger partial charge in [-0.25, -0.2) is 0 Å². The Morgan fingerprint density at radius 3 is 2.67 bits per heavy atom. The average molecular weight is 343 g/mol. The van der Waals surface area contributed by atoms with E-state index in [2.05, 4.69) is 15.3 Å². The molecular weight excluding hydrogens is 325 g/mol. The number of aliphatic hydroxyl groups excluding tert-OH is 2. The van der Waals surface area contributed by atoms with E-state index in [9.17, 15) is 19.7 Å². The van der Waals surface area contributed by atoms with Crippen LogP contribution < -0.4 is 0 Å². The van der Waals surface area contributed by atoms with Gasteiger partial charge in [0.15, 0.2) is 0 Å². The fourth-order valence-electron chi connectivity index (χ4n) is 1.97. The first-order valence-corrected chi connectivity index (χ1v) is 8.78. The molecule has 0 aromatic rings. The van der Waals surface area contributed by atoms with E-state index in [1.54, 1.807) is 0 Å². The van der Waals surface area contributed by atoms with Gasteiger partial charge in [0, 0.05) is 24.1 Å². The van der Waals surface area contributed by atoms with Crippen LogP contribution in [-0.2, 0) is 22.9 Å². The molecule has 1 saturated heterocycles. The van der Waals surface area contributed by atoms with Crippen molar-refractivity contribution in [1.29, 1.82) is 0 Å². The Hall–Kier alpha value is 0.145. The van der Waals surface area contributed by atoms with E-state index in [4.69, 9.17) is 22.0 Å². The second-order valence-corrected chi connectivity index (χ2v) is 7.05. The predicted molar refractivity (Wildman–Crippen MR) is 75.0 cm³/mol. The van der Waals surface area contributed by atoms with E-state index in [1.807, 2.05) is 0 Å². The largest absolute Gasteiger partial charge is 0.694 e. The van der Waals surface area contributed by atoms with Crippen LogP contribution in [-0.4, -0.2) is 78.3 Å². The van der Waals surface area contributed by atoms with Gasteiger partial charge in [0.25, 0.3) is 0 Å². The number of hydrogen-bond donors (Lipinski definition) is 4. The Labute approximate surface area is 124 Å². The van der Waals surface area contributed by atoms with Crippen LogP contribution in [0.15, 0.2) is 0 Å². The minimum atomic E-state index is -3.49. The summed E-state index contributed by atoms with van der Waals surface area (Å²) in [4.78, 5) is 18.4. The highest BCUT2D eigenvalue weighted by Crippen LogP contribution is 2.49. The highest BCUT2D eigenvalue weighted by molar-refractivity contribution is 7.58. The van der Waals surface area contributed by atoms with Crippen molar-refractivity contribution in [3.63, 3.8) is 0 Å². The van der Waals surface area contributed by atoms with Gasteiger partial charge in [-0.05, 0) is 6.30 Å². The van der Waals surface area contributed by atoms with Crippen LogP contribution in [0.4, 0.5) is 0 Å². The maximum Gasteiger partial charge on any atom is 0.694 e. The van der Waals surface area contributed by atoms with E-state index in [0.717, 1.165) is 0 Å². The van der Waals surface area contributed by atoms with Crippen LogP contribution in [0, 0.1) is 0 Å². The van der Waals surface area contributed by atoms with Crippen LogP contribution >= 0.6 is 15.8 Å². The van der Waals surface area contributed by atoms with E-state index in [-0.39, 0.29) is 13.0 Å². The zero-order valence-electron chi connectivity index (χ0n) is 11.4. The van der Waals surface area contributed by atoms with Crippen LogP contribution in [0.2, 0.25) is 0 Å². The normalized spacial score (nSPS) is 36.4. The molecule has 0 aromatic heterocycles. The van der Waals surface area contributed by atoms with Gasteiger partial charge in [-0.1, -0.05) is 0 Å². The molecule has 0 spiro atoms. The second-order valence-electron chi connectivity index (χ2n) is 4.46. The topological polar surface area (TPSA) is 135 Å². The van der Waals surface area contributed by atoms with Crippen molar-refractivity contribution < 1.29 is 42.9 Å². The summed E-state index contributed by atoms with van der Waals surface area (Å²) in [7, 11) is 0.439. The van der Waals surface area contributed by atoms with Gasteiger partial charge in [-0.15, -0.1) is 9.42 Å². The molecule has 120 valence electrons. The Bertz CT molecular complexity index is 422. The van der Waals surface area contributed by atoms with Crippen molar-refractivity contribution in [2.24, 2.45) is 0 Å². The molecule has 1 rings (SSSR count). The van der Waals surface area contributed by atoms with E-state index in [0.29, 0.717) is 0 Å². The first-order chi connectivity index (χ1) is 9.67. The molecule has 12 heteroatoms. The van der Waals surface area contributed by atoms with Crippen LogP contribution in [0.1, 0.15) is 6.42 Å². The standard InChI is InChI=1S/C9H17BO9P2/c1-16-21(2,15)19-7-6(12)8(10)18-9(7,5-11)3-4-17-20(13)14/h6-8,11-12H,2-5H2,1H3,(H-,13,14,15)/p+1/t6?,7-,8-,9-,21?/m1/s1. The first kappa shape index (κ1) is 19.2. The summed E-state index contributed by atoms with van der Waals surface area (Å²) < 4.78 is 30.2. The van der Waals surface area contributed by atoms with Gasteiger partial charge >= 0.3 is 8.25 Å². The predicted octanol–water partition coefficient (Wildman–Crippen LogP) is -1.12. The number of hydrogen-bond acceptors (Lipinski definition) is 8. The fraction of sp³-hybridized carbons (Fsp3) is 0.889. The molecule has 0 amide bonds. The number of ether oxygens (including phenoxy) is 1. The molecule has 3 unspecified atom stereocenters. The lowest BCUT2D eigenvalue weighted by atomic mass is 9.88. The molecule has 4 N–H and O–H groups in total. The van der Waals surface area contributed by atoms with Gasteiger partial charge in [-0.2, -0.15) is 0 Å². The summed E-state index contributed by atoms with van der Waals surface area (Å²) in [5.41, 5.74) is -1.52. The summed E-state index contributed by atoms with van der Waals surface area (Å²) in [5, 5.41) is 19.5. The second kappa shape index (κ2) is 7.61. The van der Waals surface area contributed by atoms with Crippen molar-refractivity contribution in [3.8, 4) is 0 Å². The van der Waals surface area contributed by atoms with E-state index < -0.39 is 46.2 Å². The molecule has 1 aliphatic rings. The molecule has 1 fully saturated rings. The van der Waals surface area contributed by atoms with Gasteiger partial charge in [0.1, 0.15) is 32.3 Å². The minimum absolute atomic E-state index is 0.107. The molecule has 0 aromatic carbocycles. The molecule has 21 heavy (non-hydrogen) atoms. The summed E-state index contributed by atoms with van der Waals surface area (Å²) in [6.45, 7) is -0.885. The SMILES string of the molecule is [B][C@@H]1O[C@@](CO)(CCO[P+](=O)O)[C@H](OP(=C)(O)OC)C1O. The van der Waals surface area contributed by atoms with Gasteiger partial charge < -0.3 is 28.9 Å². The molecule has 9 nitrogen and oxygen atoms in total. The molecule has 0 bridgehead atoms. The highest BCUT2D eigenvalue weighted by Gasteiger charge is 2.55. The smallest absolute Gasteiger partial charge is 0.393 e. The average Bonchev–Trinajstić information content (AvgIpc) is 2.63. The summed E-state index contributed by atoms with van der Waals surface area (Å²) in [6.07, 6.45) is 0.628. The van der Waals surface area contributed by atoms with Crippen molar-refractivity contribution in [2.75, 3.05) is 20.3 Å². The maximum atomic E-state index is 10.5. The molecule has 2 radical (unpaired) electrons. The maximum absolute atomic E-state index is 10.5. The Morgan fingerprint density at radius 1 is 1.57 bits per heavy atom. The van der Waals surface area contributed by atoms with Crippen molar-refractivity contribution >= 4 is 30.0 Å². The third kappa shape index (κ3) is 4.81. The van der Waals surface area contributed by atoms with Crippen LogP contribution in [0.3, 0.4) is 0 Å². The van der Waals surface area contributed by atoms with Crippen LogP contribution in [0.5, 0.6) is 0 Å². The van der Waals surface area contributed by atoms with Crippen LogP contribution in [0.25, 0.3) is 0 Å². The third-order valence-corrected chi connectivity index (χ3v) is 4.62. The van der Waals surface area contributed by atoms with Gasteiger partial charge in [0.2, 0.25) is 7.57 Å². The Kier molecular flexibility index (Phi) is 6.96. The molecule has 1 aliphatic heterocycles. The Balaban J connectivity index is 2.91. The summed E-state index contributed by atoms with van der Waals surface area (Å²) in [6, 6.07) is -1.18. The van der Waals surface area contributed by atoms with E-state index in [1.165, 1.54) is 7.11 Å². The molecular formula is C9H18BO9P2+. The lowest BCUT2D eigenvalue weighted by molar-refractivity contribution is -0.104.